The Labute approximate surface area is 195 Å². The Kier molecular flexibility index (Phi) is 5.57. The highest BCUT2D eigenvalue weighted by atomic mass is 16.2. The molecule has 170 valence electrons. The largest absolute Gasteiger partial charge is 0.366 e. The summed E-state index contributed by atoms with van der Waals surface area (Å²) in [7, 11) is 0. The zero-order valence-corrected chi connectivity index (χ0v) is 19.6. The number of hydrogen-bond acceptors (Lipinski definition) is 3. The molecule has 2 aliphatic rings. The van der Waals surface area contributed by atoms with E-state index in [1.165, 1.54) is 10.5 Å². The van der Waals surface area contributed by atoms with Crippen molar-refractivity contribution in [1.82, 2.24) is 14.8 Å². The van der Waals surface area contributed by atoms with Crippen molar-refractivity contribution in [3.63, 3.8) is 0 Å². The summed E-state index contributed by atoms with van der Waals surface area (Å²) < 4.78 is 0. The SMILES string of the molecule is Cc1ccc(C2=C(N3CCCC(C)C3)C(=O)N(CCc3c[nH]c4ccccc34)C2=O)cc1C. The molecule has 1 fully saturated rings. The van der Waals surface area contributed by atoms with Crippen LogP contribution in [0.5, 0.6) is 0 Å². The minimum Gasteiger partial charge on any atom is -0.366 e. The van der Waals surface area contributed by atoms with Crippen molar-refractivity contribution in [3.05, 3.63) is 76.6 Å². The Hall–Kier alpha value is -3.34. The average molecular weight is 442 g/mol. The number of nitrogens with zero attached hydrogens (tertiary/aromatic N) is 2. The van der Waals surface area contributed by atoms with E-state index in [1.807, 2.05) is 42.6 Å². The van der Waals surface area contributed by atoms with Gasteiger partial charge in [-0.15, -0.1) is 0 Å². The van der Waals surface area contributed by atoms with Gasteiger partial charge in [0.15, 0.2) is 0 Å². The van der Waals surface area contributed by atoms with Crippen LogP contribution in [0.2, 0.25) is 0 Å². The number of carbonyl (C=O) groups excluding carboxylic acids is 2. The molecule has 0 radical (unpaired) electrons. The molecule has 2 aromatic carbocycles. The van der Waals surface area contributed by atoms with Crippen LogP contribution < -0.4 is 0 Å². The summed E-state index contributed by atoms with van der Waals surface area (Å²) in [5.41, 5.74) is 6.51. The second kappa shape index (κ2) is 8.54. The number of hydrogen-bond donors (Lipinski definition) is 1. The topological polar surface area (TPSA) is 56.4 Å². The van der Waals surface area contributed by atoms with Crippen molar-refractivity contribution in [2.75, 3.05) is 19.6 Å². The van der Waals surface area contributed by atoms with Crippen LogP contribution in [0.15, 0.2) is 54.4 Å². The third-order valence-corrected chi connectivity index (χ3v) is 7.19. The number of aryl methyl sites for hydroxylation is 2. The average Bonchev–Trinajstić information content (AvgIpc) is 3.32. The molecule has 3 aromatic rings. The molecule has 1 unspecified atom stereocenters. The maximum Gasteiger partial charge on any atom is 0.277 e. The number of amides is 2. The molecule has 5 rings (SSSR count). The number of piperidine rings is 1. The zero-order valence-electron chi connectivity index (χ0n) is 19.6. The molecule has 5 nitrogen and oxygen atoms in total. The fourth-order valence-electron chi connectivity index (χ4n) is 5.18. The van der Waals surface area contributed by atoms with Gasteiger partial charge in [0.1, 0.15) is 5.70 Å². The summed E-state index contributed by atoms with van der Waals surface area (Å²) in [6, 6.07) is 14.2. The van der Waals surface area contributed by atoms with Crippen molar-refractivity contribution in [2.45, 2.75) is 40.0 Å². The monoisotopic (exact) mass is 441 g/mol. The number of para-hydroxylation sites is 1. The summed E-state index contributed by atoms with van der Waals surface area (Å²) in [5, 5.41) is 1.14. The van der Waals surface area contributed by atoms with E-state index < -0.39 is 0 Å². The van der Waals surface area contributed by atoms with Crippen molar-refractivity contribution in [3.8, 4) is 0 Å². The molecule has 1 N–H and O–H groups in total. The van der Waals surface area contributed by atoms with Crippen molar-refractivity contribution in [2.24, 2.45) is 5.92 Å². The lowest BCUT2D eigenvalue weighted by Crippen LogP contribution is -2.39. The number of nitrogens with one attached hydrogen (secondary N) is 1. The number of H-pyrrole nitrogens is 1. The molecule has 3 heterocycles. The van der Waals surface area contributed by atoms with Crippen molar-refractivity contribution in [1.29, 1.82) is 0 Å². The van der Waals surface area contributed by atoms with Crippen LogP contribution in [0, 0.1) is 19.8 Å². The first-order valence-electron chi connectivity index (χ1n) is 11.9. The number of carbonyl (C=O) groups is 2. The van der Waals surface area contributed by atoms with Gasteiger partial charge in [-0.3, -0.25) is 14.5 Å². The minimum absolute atomic E-state index is 0.151. The lowest BCUT2D eigenvalue weighted by Gasteiger charge is -2.33. The number of imide groups is 1. The fraction of sp³-hybridized carbons (Fsp3) is 0.357. The maximum absolute atomic E-state index is 13.7. The molecule has 0 spiro atoms. The van der Waals surface area contributed by atoms with E-state index in [0.717, 1.165) is 53.5 Å². The van der Waals surface area contributed by atoms with Gasteiger partial charge in [0.25, 0.3) is 11.8 Å². The number of rotatable bonds is 5. The lowest BCUT2D eigenvalue weighted by molar-refractivity contribution is -0.137. The van der Waals surface area contributed by atoms with E-state index in [2.05, 4.69) is 36.7 Å². The van der Waals surface area contributed by atoms with Crippen molar-refractivity contribution < 1.29 is 9.59 Å². The number of fused-ring (bicyclic) bond motifs is 1. The van der Waals surface area contributed by atoms with Crippen LogP contribution in [0.25, 0.3) is 16.5 Å². The van der Waals surface area contributed by atoms with E-state index in [-0.39, 0.29) is 11.8 Å². The Bertz CT molecular complexity index is 1270. The third-order valence-electron chi connectivity index (χ3n) is 7.19. The predicted molar refractivity (Wildman–Crippen MR) is 132 cm³/mol. The van der Waals surface area contributed by atoms with Crippen LogP contribution in [-0.4, -0.2) is 46.2 Å². The molecule has 1 saturated heterocycles. The van der Waals surface area contributed by atoms with Crippen LogP contribution >= 0.6 is 0 Å². The van der Waals surface area contributed by atoms with E-state index in [4.69, 9.17) is 0 Å². The van der Waals surface area contributed by atoms with Gasteiger partial charge in [-0.1, -0.05) is 43.3 Å². The normalized spacial score (nSPS) is 19.3. The van der Waals surface area contributed by atoms with Crippen LogP contribution in [-0.2, 0) is 16.0 Å². The molecule has 0 bridgehead atoms. The van der Waals surface area contributed by atoms with E-state index >= 15 is 0 Å². The molecular formula is C28H31N3O2. The molecule has 2 amide bonds. The zero-order chi connectivity index (χ0) is 23.1. The van der Waals surface area contributed by atoms with Gasteiger partial charge in [0.05, 0.1) is 5.57 Å². The summed E-state index contributed by atoms with van der Waals surface area (Å²) >= 11 is 0. The van der Waals surface area contributed by atoms with Crippen LogP contribution in [0.4, 0.5) is 0 Å². The maximum atomic E-state index is 13.7. The highest BCUT2D eigenvalue weighted by Gasteiger charge is 2.42. The summed E-state index contributed by atoms with van der Waals surface area (Å²) in [4.78, 5) is 34.3. The first kappa shape index (κ1) is 21.5. The summed E-state index contributed by atoms with van der Waals surface area (Å²) in [5.74, 6) is 0.189. The van der Waals surface area contributed by atoms with E-state index in [1.54, 1.807) is 0 Å². The summed E-state index contributed by atoms with van der Waals surface area (Å²) in [6.45, 7) is 8.36. The highest BCUT2D eigenvalue weighted by molar-refractivity contribution is 6.35. The second-order valence-electron chi connectivity index (χ2n) is 9.59. The first-order valence-corrected chi connectivity index (χ1v) is 11.9. The fourth-order valence-corrected chi connectivity index (χ4v) is 5.18. The predicted octanol–water partition coefficient (Wildman–Crippen LogP) is 4.84. The van der Waals surface area contributed by atoms with Gasteiger partial charge < -0.3 is 9.88 Å². The Balaban J connectivity index is 1.48. The van der Waals surface area contributed by atoms with Gasteiger partial charge in [-0.25, -0.2) is 0 Å². The van der Waals surface area contributed by atoms with Crippen molar-refractivity contribution >= 4 is 28.3 Å². The molecule has 0 aliphatic carbocycles. The standard InChI is InChI=1S/C28H31N3O2/c1-18-7-6-13-30(17-18)26-25(21-11-10-19(2)20(3)15-21)27(32)31(28(26)33)14-12-22-16-29-24-9-5-4-8-23(22)24/h4-5,8-11,15-16,18,29H,6-7,12-14,17H2,1-3H3. The molecule has 2 aliphatic heterocycles. The van der Waals surface area contributed by atoms with Gasteiger partial charge in [0.2, 0.25) is 0 Å². The quantitative estimate of drug-likeness (QED) is 0.577. The first-order chi connectivity index (χ1) is 15.9. The number of aromatic amines is 1. The highest BCUT2D eigenvalue weighted by Crippen LogP contribution is 2.35. The third kappa shape index (κ3) is 3.86. The number of benzene rings is 2. The van der Waals surface area contributed by atoms with Gasteiger partial charge in [-0.2, -0.15) is 0 Å². The number of aromatic nitrogens is 1. The van der Waals surface area contributed by atoms with Gasteiger partial charge in [0, 0.05) is 36.7 Å². The molecular weight excluding hydrogens is 410 g/mol. The Morgan fingerprint density at radius 3 is 2.64 bits per heavy atom. The van der Waals surface area contributed by atoms with Crippen LogP contribution in [0.3, 0.4) is 0 Å². The molecule has 33 heavy (non-hydrogen) atoms. The lowest BCUT2D eigenvalue weighted by atomic mass is 9.96. The van der Waals surface area contributed by atoms with E-state index in [0.29, 0.717) is 30.2 Å². The second-order valence-corrected chi connectivity index (χ2v) is 9.59. The van der Waals surface area contributed by atoms with E-state index in [9.17, 15) is 9.59 Å². The Morgan fingerprint density at radius 2 is 1.85 bits per heavy atom. The number of likely N-dealkylation sites (tertiary alicyclic amines) is 1. The van der Waals surface area contributed by atoms with Gasteiger partial charge >= 0.3 is 0 Å². The smallest absolute Gasteiger partial charge is 0.277 e. The molecule has 1 atom stereocenters. The van der Waals surface area contributed by atoms with Gasteiger partial charge in [-0.05, 0) is 67.3 Å². The molecule has 5 heteroatoms. The Morgan fingerprint density at radius 1 is 1.03 bits per heavy atom. The molecule has 1 aromatic heterocycles. The molecule has 0 saturated carbocycles. The van der Waals surface area contributed by atoms with Crippen LogP contribution in [0.1, 0.15) is 42.0 Å². The minimum atomic E-state index is -0.170. The summed E-state index contributed by atoms with van der Waals surface area (Å²) in [6.07, 6.45) is 4.82.